The lowest BCUT2D eigenvalue weighted by Crippen LogP contribution is -2.36. The average Bonchev–Trinajstić information content (AvgIpc) is 2.52. The Balaban J connectivity index is 2.07. The van der Waals surface area contributed by atoms with E-state index in [-0.39, 0.29) is 18.4 Å². The Kier molecular flexibility index (Phi) is 5.74. The minimum Gasteiger partial charge on any atom is -0.325 e. The number of carbonyl (C=O) groups is 2. The summed E-state index contributed by atoms with van der Waals surface area (Å²) >= 11 is 0. The molecule has 2 rings (SSSR count). The van der Waals surface area contributed by atoms with Crippen molar-refractivity contribution in [3.63, 3.8) is 0 Å². The van der Waals surface area contributed by atoms with Crippen LogP contribution in [0, 0.1) is 6.92 Å². The fraction of sp³-hybridized carbons (Fsp3) is 0.300. The summed E-state index contributed by atoms with van der Waals surface area (Å²) in [5, 5.41) is 2.84. The highest BCUT2D eigenvalue weighted by Gasteiger charge is 2.16. The molecule has 2 aromatic carbocycles. The van der Waals surface area contributed by atoms with Gasteiger partial charge in [0.1, 0.15) is 6.54 Å². The number of nitrogens with one attached hydrogen (secondary N) is 1. The molecule has 0 saturated carbocycles. The molecule has 0 aromatic heterocycles. The molecule has 24 heavy (non-hydrogen) atoms. The first-order valence-corrected chi connectivity index (χ1v) is 8.11. The molecule has 2 amide bonds. The Morgan fingerprint density at radius 2 is 1.75 bits per heavy atom. The van der Waals surface area contributed by atoms with Gasteiger partial charge in [0, 0.05) is 18.3 Å². The molecule has 4 nitrogen and oxygen atoms in total. The second-order valence-corrected chi connectivity index (χ2v) is 6.27. The van der Waals surface area contributed by atoms with Gasteiger partial charge in [-0.3, -0.25) is 9.59 Å². The molecule has 0 unspecified atom stereocenters. The monoisotopic (exact) mass is 324 g/mol. The summed E-state index contributed by atoms with van der Waals surface area (Å²) in [4.78, 5) is 25.7. The molecular weight excluding hydrogens is 300 g/mol. The van der Waals surface area contributed by atoms with Crippen molar-refractivity contribution in [3.8, 4) is 0 Å². The van der Waals surface area contributed by atoms with Crippen molar-refractivity contribution in [3.05, 3.63) is 59.7 Å². The summed E-state index contributed by atoms with van der Waals surface area (Å²) in [7, 11) is 0. The fourth-order valence-corrected chi connectivity index (χ4v) is 2.48. The van der Waals surface area contributed by atoms with Gasteiger partial charge in [0.25, 0.3) is 0 Å². The zero-order chi connectivity index (χ0) is 17.7. The van der Waals surface area contributed by atoms with E-state index in [1.165, 1.54) is 17.4 Å². The first-order valence-electron chi connectivity index (χ1n) is 8.11. The number of hydrogen-bond donors (Lipinski definition) is 1. The highest BCUT2D eigenvalue weighted by Crippen LogP contribution is 2.18. The van der Waals surface area contributed by atoms with Crippen molar-refractivity contribution in [1.29, 1.82) is 0 Å². The second-order valence-electron chi connectivity index (χ2n) is 6.27. The molecule has 0 heterocycles. The van der Waals surface area contributed by atoms with Crippen LogP contribution in [-0.4, -0.2) is 18.4 Å². The number of benzene rings is 2. The van der Waals surface area contributed by atoms with Gasteiger partial charge in [-0.15, -0.1) is 0 Å². The van der Waals surface area contributed by atoms with Gasteiger partial charge in [-0.25, -0.2) is 0 Å². The largest absolute Gasteiger partial charge is 0.325 e. The van der Waals surface area contributed by atoms with Crippen LogP contribution in [0.2, 0.25) is 0 Å². The van der Waals surface area contributed by atoms with Crippen LogP contribution in [0.4, 0.5) is 11.4 Å². The van der Waals surface area contributed by atoms with Crippen molar-refractivity contribution in [2.45, 2.75) is 33.6 Å². The van der Waals surface area contributed by atoms with Crippen molar-refractivity contribution >= 4 is 23.2 Å². The van der Waals surface area contributed by atoms with Gasteiger partial charge in [-0.1, -0.05) is 38.1 Å². The van der Waals surface area contributed by atoms with Crippen LogP contribution in [0.5, 0.6) is 0 Å². The van der Waals surface area contributed by atoms with Gasteiger partial charge in [-0.2, -0.15) is 0 Å². The summed E-state index contributed by atoms with van der Waals surface area (Å²) in [6, 6.07) is 15.3. The summed E-state index contributed by atoms with van der Waals surface area (Å²) in [6.07, 6.45) is 0. The van der Waals surface area contributed by atoms with E-state index in [1.54, 1.807) is 0 Å². The van der Waals surface area contributed by atoms with Gasteiger partial charge in [0.05, 0.1) is 0 Å². The maximum atomic E-state index is 12.3. The third kappa shape index (κ3) is 4.69. The van der Waals surface area contributed by atoms with Crippen LogP contribution in [-0.2, 0) is 9.59 Å². The third-order valence-electron chi connectivity index (χ3n) is 3.86. The highest BCUT2D eigenvalue weighted by atomic mass is 16.2. The van der Waals surface area contributed by atoms with Crippen LogP contribution >= 0.6 is 0 Å². The molecule has 0 bridgehead atoms. The van der Waals surface area contributed by atoms with Gasteiger partial charge >= 0.3 is 0 Å². The van der Waals surface area contributed by atoms with Crippen molar-refractivity contribution in [2.75, 3.05) is 16.8 Å². The van der Waals surface area contributed by atoms with Crippen LogP contribution in [0.25, 0.3) is 0 Å². The lowest BCUT2D eigenvalue weighted by Gasteiger charge is -2.21. The number of amides is 2. The Labute approximate surface area is 143 Å². The maximum absolute atomic E-state index is 12.3. The lowest BCUT2D eigenvalue weighted by molar-refractivity contribution is -0.120. The summed E-state index contributed by atoms with van der Waals surface area (Å²) in [5.74, 6) is 0.0687. The minimum atomic E-state index is -0.219. The van der Waals surface area contributed by atoms with Gasteiger partial charge in [-0.05, 0) is 48.2 Å². The van der Waals surface area contributed by atoms with E-state index >= 15 is 0 Å². The smallest absolute Gasteiger partial charge is 0.244 e. The number of rotatable bonds is 5. The molecule has 0 radical (unpaired) electrons. The zero-order valence-electron chi connectivity index (χ0n) is 14.7. The third-order valence-corrected chi connectivity index (χ3v) is 3.86. The van der Waals surface area contributed by atoms with Gasteiger partial charge in [0.2, 0.25) is 11.8 Å². The Bertz CT molecular complexity index is 721. The van der Waals surface area contributed by atoms with Crippen LogP contribution in [0.1, 0.15) is 37.8 Å². The topological polar surface area (TPSA) is 49.4 Å². The molecule has 0 aliphatic heterocycles. The predicted octanol–water partition coefficient (Wildman–Crippen LogP) is 4.11. The van der Waals surface area contributed by atoms with Crippen LogP contribution < -0.4 is 10.2 Å². The molecule has 0 aliphatic rings. The van der Waals surface area contributed by atoms with E-state index in [2.05, 4.69) is 19.2 Å². The maximum Gasteiger partial charge on any atom is 0.244 e. The molecule has 0 fully saturated rings. The molecule has 0 aliphatic carbocycles. The number of hydrogen-bond acceptors (Lipinski definition) is 2. The summed E-state index contributed by atoms with van der Waals surface area (Å²) in [6.45, 7) is 7.66. The minimum absolute atomic E-state index is 0.00921. The van der Waals surface area contributed by atoms with E-state index in [1.807, 2.05) is 55.5 Å². The zero-order valence-corrected chi connectivity index (χ0v) is 14.7. The summed E-state index contributed by atoms with van der Waals surface area (Å²) < 4.78 is 0. The molecule has 0 saturated heterocycles. The Hall–Kier alpha value is -2.62. The molecule has 4 heteroatoms. The molecule has 1 N–H and O–H groups in total. The normalized spacial score (nSPS) is 10.5. The van der Waals surface area contributed by atoms with Crippen molar-refractivity contribution < 1.29 is 9.59 Å². The molecule has 0 atom stereocenters. The average molecular weight is 324 g/mol. The van der Waals surface area contributed by atoms with Gasteiger partial charge in [0.15, 0.2) is 0 Å². The van der Waals surface area contributed by atoms with E-state index in [4.69, 9.17) is 0 Å². The highest BCUT2D eigenvalue weighted by molar-refractivity contribution is 6.01. The molecular formula is C20H24N2O2. The molecule has 0 spiro atoms. The van der Waals surface area contributed by atoms with Crippen LogP contribution in [0.3, 0.4) is 0 Å². The SMILES string of the molecule is CC(=O)N(CC(=O)Nc1ccc(C(C)C)cc1)c1cccc(C)c1. The first-order chi connectivity index (χ1) is 11.4. The van der Waals surface area contributed by atoms with Crippen molar-refractivity contribution in [2.24, 2.45) is 0 Å². The standard InChI is InChI=1S/C20H24N2O2/c1-14(2)17-8-10-18(11-9-17)21-20(24)13-22(16(4)23)19-7-5-6-15(3)12-19/h5-12,14H,13H2,1-4H3,(H,21,24). The van der Waals surface area contributed by atoms with Gasteiger partial charge < -0.3 is 10.2 Å². The number of anilines is 2. The predicted molar refractivity (Wildman–Crippen MR) is 98.4 cm³/mol. The quantitative estimate of drug-likeness (QED) is 0.900. The number of carbonyl (C=O) groups excluding carboxylic acids is 2. The molecule has 2 aromatic rings. The summed E-state index contributed by atoms with van der Waals surface area (Å²) in [5.41, 5.74) is 3.73. The van der Waals surface area contributed by atoms with E-state index in [9.17, 15) is 9.59 Å². The Morgan fingerprint density at radius 1 is 1.08 bits per heavy atom. The van der Waals surface area contributed by atoms with Crippen molar-refractivity contribution in [1.82, 2.24) is 0 Å². The number of nitrogens with zero attached hydrogens (tertiary/aromatic N) is 1. The van der Waals surface area contributed by atoms with Crippen LogP contribution in [0.15, 0.2) is 48.5 Å². The second kappa shape index (κ2) is 7.77. The Morgan fingerprint density at radius 3 is 2.29 bits per heavy atom. The van der Waals surface area contributed by atoms with E-state index in [0.29, 0.717) is 5.92 Å². The lowest BCUT2D eigenvalue weighted by atomic mass is 10.0. The fourth-order valence-electron chi connectivity index (χ4n) is 2.48. The first kappa shape index (κ1) is 17.7. The van der Waals surface area contributed by atoms with E-state index < -0.39 is 0 Å². The number of aryl methyl sites for hydroxylation is 1. The van der Waals surface area contributed by atoms with E-state index in [0.717, 1.165) is 16.9 Å². The molecule has 126 valence electrons.